The van der Waals surface area contributed by atoms with E-state index >= 15 is 0 Å². The third-order valence-corrected chi connectivity index (χ3v) is 2.52. The van der Waals surface area contributed by atoms with Gasteiger partial charge in [-0.3, -0.25) is 0 Å². The Balaban J connectivity index is 2.01. The number of aliphatic hydroxyl groups excluding tert-OH is 1. The predicted octanol–water partition coefficient (Wildman–Crippen LogP) is 0.452. The van der Waals surface area contributed by atoms with Crippen LogP contribution in [0, 0.1) is 0 Å². The summed E-state index contributed by atoms with van der Waals surface area (Å²) in [6.07, 6.45) is 1.31. The minimum absolute atomic E-state index is 0.00794. The minimum Gasteiger partial charge on any atom is -0.394 e. The van der Waals surface area contributed by atoms with E-state index in [9.17, 15) is 0 Å². The Hall–Kier alpha value is -0.420. The van der Waals surface area contributed by atoms with Gasteiger partial charge in [-0.25, -0.2) is 0 Å². The molecule has 1 N–H and O–H groups in total. The number of ether oxygens (including phenoxy) is 3. The maximum absolute atomic E-state index is 9.12. The zero-order chi connectivity index (χ0) is 10.3. The lowest BCUT2D eigenvalue weighted by Gasteiger charge is -2.16. The number of aliphatic hydroxyl groups is 1. The maximum atomic E-state index is 9.12. The number of epoxide rings is 1. The van der Waals surface area contributed by atoms with Crippen LogP contribution in [0.5, 0.6) is 0 Å². The summed E-state index contributed by atoms with van der Waals surface area (Å²) >= 11 is 0. The highest BCUT2D eigenvalue weighted by Crippen LogP contribution is 2.38. The lowest BCUT2D eigenvalue weighted by Crippen LogP contribution is -2.31. The lowest BCUT2D eigenvalue weighted by atomic mass is 10.1. The molecule has 0 aromatic carbocycles. The molecule has 2 heterocycles. The summed E-state index contributed by atoms with van der Waals surface area (Å²) in [6, 6.07) is 0. The van der Waals surface area contributed by atoms with E-state index < -0.39 is 5.79 Å². The zero-order valence-electron chi connectivity index (χ0n) is 8.47. The molecule has 0 bridgehead atoms. The molecule has 0 aromatic rings. The average Bonchev–Trinajstić information content (AvgIpc) is 2.84. The van der Waals surface area contributed by atoms with Gasteiger partial charge >= 0.3 is 0 Å². The van der Waals surface area contributed by atoms with Crippen LogP contribution in [0.1, 0.15) is 13.8 Å². The van der Waals surface area contributed by atoms with Gasteiger partial charge in [0, 0.05) is 0 Å². The predicted molar refractivity (Wildman–Crippen MR) is 49.8 cm³/mol. The van der Waals surface area contributed by atoms with Gasteiger partial charge < -0.3 is 19.3 Å². The first-order chi connectivity index (χ1) is 6.57. The van der Waals surface area contributed by atoms with Crippen molar-refractivity contribution in [2.75, 3.05) is 6.61 Å². The van der Waals surface area contributed by atoms with Gasteiger partial charge in [0.1, 0.15) is 24.4 Å². The van der Waals surface area contributed by atoms with E-state index in [1.807, 2.05) is 13.8 Å². The van der Waals surface area contributed by atoms with Gasteiger partial charge in [-0.1, -0.05) is 6.08 Å². The van der Waals surface area contributed by atoms with Gasteiger partial charge in [0.05, 0.1) is 6.61 Å². The maximum Gasteiger partial charge on any atom is 0.164 e. The van der Waals surface area contributed by atoms with Gasteiger partial charge in [0.15, 0.2) is 5.79 Å². The van der Waals surface area contributed by atoms with Gasteiger partial charge in [0.2, 0.25) is 0 Å². The molecule has 0 unspecified atom stereocenters. The van der Waals surface area contributed by atoms with E-state index in [1.54, 1.807) is 6.08 Å². The standard InChI is InChI=1S/C10H16O4/c1-4-6-8(12-6)9-7(5-11)13-10(2,3)14-9/h4,6-9,11H,1,5H2,2-3H3/t6-,7-,8-,9-/m1/s1. The van der Waals surface area contributed by atoms with E-state index in [-0.39, 0.29) is 31.0 Å². The highest BCUT2D eigenvalue weighted by molar-refractivity contribution is 5.05. The van der Waals surface area contributed by atoms with Crippen molar-refractivity contribution in [1.82, 2.24) is 0 Å². The lowest BCUT2D eigenvalue weighted by molar-refractivity contribution is -0.150. The second-order valence-electron chi connectivity index (χ2n) is 4.12. The van der Waals surface area contributed by atoms with E-state index in [0.29, 0.717) is 0 Å². The fourth-order valence-corrected chi connectivity index (χ4v) is 1.87. The second kappa shape index (κ2) is 3.31. The SMILES string of the molecule is C=C[C@H]1O[C@H]1[C@@H]1OC(C)(C)O[C@@H]1CO. The van der Waals surface area contributed by atoms with Crippen molar-refractivity contribution < 1.29 is 19.3 Å². The molecule has 2 aliphatic heterocycles. The first kappa shape index (κ1) is 10.1. The topological polar surface area (TPSA) is 51.2 Å². The Kier molecular flexibility index (Phi) is 2.39. The summed E-state index contributed by atoms with van der Waals surface area (Å²) in [6.45, 7) is 7.27. The summed E-state index contributed by atoms with van der Waals surface area (Å²) in [5.41, 5.74) is 0. The highest BCUT2D eigenvalue weighted by Gasteiger charge is 2.53. The van der Waals surface area contributed by atoms with E-state index in [4.69, 9.17) is 19.3 Å². The van der Waals surface area contributed by atoms with E-state index in [0.717, 1.165) is 0 Å². The van der Waals surface area contributed by atoms with E-state index in [1.165, 1.54) is 0 Å². The molecule has 2 fully saturated rings. The van der Waals surface area contributed by atoms with Crippen molar-refractivity contribution in [3.63, 3.8) is 0 Å². The summed E-state index contributed by atoms with van der Waals surface area (Å²) in [7, 11) is 0. The highest BCUT2D eigenvalue weighted by atomic mass is 16.8. The average molecular weight is 200 g/mol. The Bertz CT molecular complexity index is 238. The zero-order valence-corrected chi connectivity index (χ0v) is 8.47. The van der Waals surface area contributed by atoms with Crippen LogP contribution < -0.4 is 0 Å². The Labute approximate surface area is 83.5 Å². The third kappa shape index (κ3) is 1.70. The first-order valence-electron chi connectivity index (χ1n) is 4.82. The summed E-state index contributed by atoms with van der Waals surface area (Å²) in [4.78, 5) is 0. The second-order valence-corrected chi connectivity index (χ2v) is 4.12. The summed E-state index contributed by atoms with van der Waals surface area (Å²) < 4.78 is 16.5. The van der Waals surface area contributed by atoms with Crippen LogP contribution in [-0.2, 0) is 14.2 Å². The first-order valence-corrected chi connectivity index (χ1v) is 4.82. The Morgan fingerprint density at radius 3 is 2.57 bits per heavy atom. The number of hydrogen-bond donors (Lipinski definition) is 1. The van der Waals surface area contributed by atoms with Crippen molar-refractivity contribution in [2.24, 2.45) is 0 Å². The van der Waals surface area contributed by atoms with Gasteiger partial charge in [-0.05, 0) is 13.8 Å². The van der Waals surface area contributed by atoms with Crippen molar-refractivity contribution in [3.05, 3.63) is 12.7 Å². The summed E-state index contributed by atoms with van der Waals surface area (Å²) in [5, 5.41) is 9.12. The molecule has 4 heteroatoms. The van der Waals surface area contributed by atoms with Crippen LogP contribution >= 0.6 is 0 Å². The molecule has 0 aliphatic carbocycles. The van der Waals surface area contributed by atoms with Gasteiger partial charge in [-0.2, -0.15) is 0 Å². The molecule has 2 aliphatic rings. The molecular weight excluding hydrogens is 184 g/mol. The van der Waals surface area contributed by atoms with E-state index in [2.05, 4.69) is 6.58 Å². The minimum atomic E-state index is -0.629. The molecule has 0 aromatic heterocycles. The molecule has 0 saturated carbocycles. The smallest absolute Gasteiger partial charge is 0.164 e. The molecule has 4 nitrogen and oxygen atoms in total. The Morgan fingerprint density at radius 1 is 1.36 bits per heavy atom. The van der Waals surface area contributed by atoms with Crippen LogP contribution in [0.3, 0.4) is 0 Å². The van der Waals surface area contributed by atoms with Crippen LogP contribution in [-0.4, -0.2) is 41.9 Å². The van der Waals surface area contributed by atoms with Gasteiger partial charge in [-0.15, -0.1) is 6.58 Å². The number of rotatable bonds is 3. The molecular formula is C10H16O4. The van der Waals surface area contributed by atoms with Crippen LogP contribution in [0.25, 0.3) is 0 Å². The molecule has 4 atom stereocenters. The normalized spacial score (nSPS) is 45.1. The third-order valence-electron chi connectivity index (χ3n) is 2.52. The fourth-order valence-electron chi connectivity index (χ4n) is 1.87. The van der Waals surface area contributed by atoms with Crippen molar-refractivity contribution >= 4 is 0 Å². The molecule has 0 spiro atoms. The monoisotopic (exact) mass is 200 g/mol. The van der Waals surface area contributed by atoms with Crippen LogP contribution in [0.15, 0.2) is 12.7 Å². The largest absolute Gasteiger partial charge is 0.394 e. The summed E-state index contributed by atoms with van der Waals surface area (Å²) in [5.74, 6) is -0.629. The van der Waals surface area contributed by atoms with Gasteiger partial charge in [0.25, 0.3) is 0 Å². The molecule has 0 radical (unpaired) electrons. The van der Waals surface area contributed by atoms with Crippen LogP contribution in [0.2, 0.25) is 0 Å². The van der Waals surface area contributed by atoms with Crippen molar-refractivity contribution in [3.8, 4) is 0 Å². The van der Waals surface area contributed by atoms with Crippen molar-refractivity contribution in [1.29, 1.82) is 0 Å². The Morgan fingerprint density at radius 2 is 2.07 bits per heavy atom. The quantitative estimate of drug-likeness (QED) is 0.531. The molecule has 2 rings (SSSR count). The fraction of sp³-hybridized carbons (Fsp3) is 0.800. The number of hydrogen-bond acceptors (Lipinski definition) is 4. The van der Waals surface area contributed by atoms with Crippen molar-refractivity contribution in [2.45, 2.75) is 44.1 Å². The molecule has 2 saturated heterocycles. The van der Waals surface area contributed by atoms with Crippen LogP contribution in [0.4, 0.5) is 0 Å². The molecule has 0 amide bonds. The molecule has 14 heavy (non-hydrogen) atoms. The molecule has 80 valence electrons.